The molecule has 0 spiro atoms. The molecule has 1 aliphatic rings. The predicted octanol–water partition coefficient (Wildman–Crippen LogP) is 2.82. The Morgan fingerprint density at radius 1 is 1.21 bits per heavy atom. The predicted molar refractivity (Wildman–Crippen MR) is 80.2 cm³/mol. The number of ether oxygens (including phenoxy) is 1. The molecule has 1 rings (SSSR count). The average molecular weight is 271 g/mol. The van der Waals surface area contributed by atoms with E-state index in [1.165, 1.54) is 12.8 Å². The van der Waals surface area contributed by atoms with Crippen LogP contribution < -0.4 is 5.32 Å². The lowest BCUT2D eigenvalue weighted by Crippen LogP contribution is -2.39. The van der Waals surface area contributed by atoms with E-state index in [4.69, 9.17) is 4.74 Å². The molecular weight excluding hydrogens is 238 g/mol. The number of hydrogen-bond acceptors (Lipinski definition) is 3. The van der Waals surface area contributed by atoms with Gasteiger partial charge in [0.1, 0.15) is 0 Å². The van der Waals surface area contributed by atoms with Crippen molar-refractivity contribution in [3.8, 4) is 0 Å². The van der Waals surface area contributed by atoms with Crippen LogP contribution in [-0.2, 0) is 4.74 Å². The third kappa shape index (κ3) is 6.24. The van der Waals surface area contributed by atoms with Crippen molar-refractivity contribution < 1.29 is 9.84 Å². The Hall–Kier alpha value is -0.120. The second kappa shape index (κ2) is 8.23. The first kappa shape index (κ1) is 16.9. The zero-order valence-electron chi connectivity index (χ0n) is 13.4. The summed E-state index contributed by atoms with van der Waals surface area (Å²) in [5.74, 6) is 2.08. The number of aliphatic hydroxyl groups is 1. The van der Waals surface area contributed by atoms with Crippen LogP contribution in [0.1, 0.15) is 53.9 Å². The lowest BCUT2D eigenvalue weighted by Gasteiger charge is -2.37. The van der Waals surface area contributed by atoms with E-state index < -0.39 is 6.10 Å². The van der Waals surface area contributed by atoms with Crippen molar-refractivity contribution in [3.05, 3.63) is 0 Å². The largest absolute Gasteiger partial charge is 0.389 e. The molecule has 19 heavy (non-hydrogen) atoms. The van der Waals surface area contributed by atoms with Gasteiger partial charge in [-0.05, 0) is 30.6 Å². The van der Waals surface area contributed by atoms with E-state index in [0.717, 1.165) is 12.3 Å². The van der Waals surface area contributed by atoms with E-state index in [0.29, 0.717) is 37.1 Å². The molecule has 0 saturated heterocycles. The quantitative estimate of drug-likeness (QED) is 0.748. The fraction of sp³-hybridized carbons (Fsp3) is 1.00. The van der Waals surface area contributed by atoms with E-state index in [2.05, 4.69) is 39.9 Å². The lowest BCUT2D eigenvalue weighted by molar-refractivity contribution is -0.0684. The van der Waals surface area contributed by atoms with E-state index in [-0.39, 0.29) is 0 Å². The van der Waals surface area contributed by atoms with Gasteiger partial charge in [0, 0.05) is 12.6 Å². The van der Waals surface area contributed by atoms with Crippen LogP contribution in [0.15, 0.2) is 0 Å². The molecule has 0 bridgehead atoms. The Balaban J connectivity index is 2.35. The first-order valence-corrected chi connectivity index (χ1v) is 7.93. The summed E-state index contributed by atoms with van der Waals surface area (Å²) >= 11 is 0. The summed E-state index contributed by atoms with van der Waals surface area (Å²) in [4.78, 5) is 0. The fourth-order valence-electron chi connectivity index (χ4n) is 2.97. The van der Waals surface area contributed by atoms with Gasteiger partial charge in [-0.15, -0.1) is 0 Å². The van der Waals surface area contributed by atoms with Crippen LogP contribution in [-0.4, -0.2) is 36.5 Å². The molecule has 4 atom stereocenters. The zero-order valence-corrected chi connectivity index (χ0v) is 13.4. The van der Waals surface area contributed by atoms with Crippen LogP contribution in [0, 0.1) is 17.8 Å². The molecule has 114 valence electrons. The molecule has 0 unspecified atom stereocenters. The van der Waals surface area contributed by atoms with Crippen LogP contribution in [0.25, 0.3) is 0 Å². The molecule has 0 amide bonds. The normalized spacial score (nSPS) is 30.0. The maximum absolute atomic E-state index is 9.93. The van der Waals surface area contributed by atoms with E-state index in [9.17, 15) is 5.11 Å². The van der Waals surface area contributed by atoms with Gasteiger partial charge in [0.25, 0.3) is 0 Å². The highest BCUT2D eigenvalue weighted by Gasteiger charge is 2.31. The summed E-state index contributed by atoms with van der Waals surface area (Å²) in [6.07, 6.45) is 3.67. The SMILES string of the molecule is CC(C)NC[C@@H](O)CO[C@H]1C[C@H](C)CC[C@@H]1C(C)C. The molecular formula is C16H33NO2. The highest BCUT2D eigenvalue weighted by Crippen LogP contribution is 2.35. The van der Waals surface area contributed by atoms with Crippen LogP contribution in [0.5, 0.6) is 0 Å². The highest BCUT2D eigenvalue weighted by molar-refractivity contribution is 4.81. The van der Waals surface area contributed by atoms with E-state index >= 15 is 0 Å². The van der Waals surface area contributed by atoms with Gasteiger partial charge in [-0.2, -0.15) is 0 Å². The summed E-state index contributed by atoms with van der Waals surface area (Å²) < 4.78 is 6.03. The molecule has 2 N–H and O–H groups in total. The molecule has 0 radical (unpaired) electrons. The van der Waals surface area contributed by atoms with Gasteiger partial charge in [-0.1, -0.05) is 41.0 Å². The van der Waals surface area contributed by atoms with Gasteiger partial charge in [0.05, 0.1) is 18.8 Å². The minimum absolute atomic E-state index is 0.331. The van der Waals surface area contributed by atoms with Crippen molar-refractivity contribution in [2.24, 2.45) is 17.8 Å². The van der Waals surface area contributed by atoms with Crippen molar-refractivity contribution in [2.45, 2.75) is 72.1 Å². The van der Waals surface area contributed by atoms with E-state index in [1.807, 2.05) is 0 Å². The van der Waals surface area contributed by atoms with Crippen molar-refractivity contribution in [2.75, 3.05) is 13.2 Å². The zero-order chi connectivity index (χ0) is 14.4. The molecule has 0 aromatic carbocycles. The molecule has 1 fully saturated rings. The molecule has 0 aromatic rings. The Kier molecular flexibility index (Phi) is 7.33. The Morgan fingerprint density at radius 3 is 2.47 bits per heavy atom. The summed E-state index contributed by atoms with van der Waals surface area (Å²) in [5, 5.41) is 13.2. The summed E-state index contributed by atoms with van der Waals surface area (Å²) in [6.45, 7) is 12.1. The van der Waals surface area contributed by atoms with Gasteiger partial charge in [-0.25, -0.2) is 0 Å². The topological polar surface area (TPSA) is 41.5 Å². The van der Waals surface area contributed by atoms with Gasteiger partial charge < -0.3 is 15.2 Å². The van der Waals surface area contributed by atoms with Crippen LogP contribution in [0.4, 0.5) is 0 Å². The molecule has 3 nitrogen and oxygen atoms in total. The van der Waals surface area contributed by atoms with Crippen molar-refractivity contribution in [1.29, 1.82) is 0 Å². The first-order chi connectivity index (χ1) is 8.90. The van der Waals surface area contributed by atoms with Crippen LogP contribution >= 0.6 is 0 Å². The molecule has 3 heteroatoms. The Labute approximate surface area is 119 Å². The van der Waals surface area contributed by atoms with Gasteiger partial charge in [-0.3, -0.25) is 0 Å². The van der Waals surface area contributed by atoms with Crippen molar-refractivity contribution in [1.82, 2.24) is 5.32 Å². The summed E-state index contributed by atoms with van der Waals surface area (Å²) in [5.41, 5.74) is 0. The van der Waals surface area contributed by atoms with Gasteiger partial charge in [0.15, 0.2) is 0 Å². The first-order valence-electron chi connectivity index (χ1n) is 7.93. The number of aliphatic hydroxyl groups excluding tert-OH is 1. The van der Waals surface area contributed by atoms with Crippen molar-refractivity contribution >= 4 is 0 Å². The molecule has 0 aliphatic heterocycles. The number of hydrogen-bond donors (Lipinski definition) is 2. The monoisotopic (exact) mass is 271 g/mol. The standard InChI is InChI=1S/C16H33NO2/c1-11(2)15-7-6-13(5)8-16(15)19-10-14(18)9-17-12(3)4/h11-18H,6-10H2,1-5H3/t13-,14-,15-,16+/m1/s1. The minimum atomic E-state index is -0.396. The fourth-order valence-corrected chi connectivity index (χ4v) is 2.97. The molecule has 0 aromatic heterocycles. The van der Waals surface area contributed by atoms with Crippen LogP contribution in [0.3, 0.4) is 0 Å². The summed E-state index contributed by atoms with van der Waals surface area (Å²) in [6, 6.07) is 0.410. The number of nitrogens with one attached hydrogen (secondary N) is 1. The third-order valence-electron chi connectivity index (χ3n) is 4.23. The Morgan fingerprint density at radius 2 is 1.89 bits per heavy atom. The Bertz CT molecular complexity index is 243. The third-order valence-corrected chi connectivity index (χ3v) is 4.23. The summed E-state index contributed by atoms with van der Waals surface area (Å²) in [7, 11) is 0. The van der Waals surface area contributed by atoms with Gasteiger partial charge >= 0.3 is 0 Å². The van der Waals surface area contributed by atoms with Crippen LogP contribution in [0.2, 0.25) is 0 Å². The lowest BCUT2D eigenvalue weighted by atomic mass is 9.75. The van der Waals surface area contributed by atoms with E-state index in [1.54, 1.807) is 0 Å². The smallest absolute Gasteiger partial charge is 0.0897 e. The maximum atomic E-state index is 9.93. The number of rotatable bonds is 7. The second-order valence-corrected chi connectivity index (χ2v) is 6.91. The minimum Gasteiger partial charge on any atom is -0.389 e. The molecule has 1 aliphatic carbocycles. The van der Waals surface area contributed by atoms with Crippen molar-refractivity contribution in [3.63, 3.8) is 0 Å². The molecule has 0 heterocycles. The van der Waals surface area contributed by atoms with Gasteiger partial charge in [0.2, 0.25) is 0 Å². The molecule has 1 saturated carbocycles. The average Bonchev–Trinajstić information content (AvgIpc) is 2.33. The maximum Gasteiger partial charge on any atom is 0.0897 e. The highest BCUT2D eigenvalue weighted by atomic mass is 16.5. The second-order valence-electron chi connectivity index (χ2n) is 6.91.